The van der Waals surface area contributed by atoms with E-state index in [2.05, 4.69) is 123 Å². The van der Waals surface area contributed by atoms with Gasteiger partial charge in [0, 0.05) is 83.7 Å². The molecular weight excluding hydrogens is 669 g/mol. The molecule has 2 aliphatic carbocycles. The van der Waals surface area contributed by atoms with Crippen molar-refractivity contribution in [2.75, 3.05) is 0 Å². The van der Waals surface area contributed by atoms with Crippen LogP contribution in [0.25, 0.3) is 34.7 Å². The third kappa shape index (κ3) is 5.89. The summed E-state index contributed by atoms with van der Waals surface area (Å²) in [5, 5.41) is 15.7. The third-order valence-electron chi connectivity index (χ3n) is 10.3. The highest BCUT2D eigenvalue weighted by Crippen LogP contribution is 2.43. The SMILES string of the molecule is C1=CC(c2ccccc2)(c2ccncn2)Cc2[nH]nc(-c3cccnc3)c21.C1=CC(c2ccccc2)(c2ccncn2)Cc2[nH]nc(-c3ccncc3)c21. The Morgan fingerprint density at radius 3 is 1.46 bits per heavy atom. The van der Waals surface area contributed by atoms with Gasteiger partial charge in [-0.2, -0.15) is 10.2 Å². The van der Waals surface area contributed by atoms with Crippen LogP contribution in [0.15, 0.2) is 159 Å². The maximum absolute atomic E-state index is 4.58. The minimum atomic E-state index is -0.351. The highest BCUT2D eigenvalue weighted by molar-refractivity contribution is 5.77. The number of H-pyrrole nitrogens is 2. The van der Waals surface area contributed by atoms with Gasteiger partial charge in [0.05, 0.1) is 27.9 Å². The van der Waals surface area contributed by atoms with E-state index in [9.17, 15) is 0 Å². The number of allylic oxidation sites excluding steroid dienone is 2. The fraction of sp³-hybridized carbons (Fsp3) is 0.0909. The maximum Gasteiger partial charge on any atom is 0.115 e. The van der Waals surface area contributed by atoms with E-state index in [-0.39, 0.29) is 10.8 Å². The quantitative estimate of drug-likeness (QED) is 0.181. The van der Waals surface area contributed by atoms with E-state index in [0.29, 0.717) is 0 Å². The first-order valence-electron chi connectivity index (χ1n) is 17.7. The molecule has 10 heteroatoms. The average Bonchev–Trinajstić information content (AvgIpc) is 3.89. The molecule has 0 aliphatic heterocycles. The molecule has 2 N–H and O–H groups in total. The van der Waals surface area contributed by atoms with Crippen LogP contribution in [0.3, 0.4) is 0 Å². The molecule has 2 atom stereocenters. The van der Waals surface area contributed by atoms with Crippen LogP contribution in [0, 0.1) is 0 Å². The molecule has 260 valence electrons. The molecular formula is C44H34N10. The van der Waals surface area contributed by atoms with Gasteiger partial charge in [0.2, 0.25) is 0 Å². The third-order valence-corrected chi connectivity index (χ3v) is 10.3. The normalized spacial score (nSPS) is 18.2. The Balaban J connectivity index is 0.000000142. The van der Waals surface area contributed by atoms with E-state index in [1.807, 2.05) is 54.7 Å². The second-order valence-corrected chi connectivity index (χ2v) is 13.3. The summed E-state index contributed by atoms with van der Waals surface area (Å²) >= 11 is 0. The number of nitrogens with zero attached hydrogens (tertiary/aromatic N) is 8. The van der Waals surface area contributed by atoms with E-state index in [1.165, 1.54) is 11.1 Å². The van der Waals surface area contributed by atoms with Gasteiger partial charge in [0.25, 0.3) is 0 Å². The minimum absolute atomic E-state index is 0.348. The predicted octanol–water partition coefficient (Wildman–Crippen LogP) is 7.63. The average molecular weight is 703 g/mol. The van der Waals surface area contributed by atoms with Crippen LogP contribution < -0.4 is 0 Å². The van der Waals surface area contributed by atoms with Crippen molar-refractivity contribution in [2.45, 2.75) is 23.7 Å². The van der Waals surface area contributed by atoms with Gasteiger partial charge in [-0.15, -0.1) is 0 Å². The Morgan fingerprint density at radius 1 is 0.463 bits per heavy atom. The van der Waals surface area contributed by atoms with Crippen LogP contribution in [0.2, 0.25) is 0 Å². The largest absolute Gasteiger partial charge is 0.281 e. The van der Waals surface area contributed by atoms with Crippen molar-refractivity contribution in [3.8, 4) is 22.5 Å². The lowest BCUT2D eigenvalue weighted by Gasteiger charge is -2.33. The first-order chi connectivity index (χ1) is 26.7. The Hall–Kier alpha value is -7.20. The van der Waals surface area contributed by atoms with Gasteiger partial charge in [-0.05, 0) is 47.5 Å². The molecule has 0 saturated heterocycles. The van der Waals surface area contributed by atoms with E-state index in [4.69, 9.17) is 0 Å². The maximum atomic E-state index is 4.58. The second kappa shape index (κ2) is 14.1. The lowest BCUT2D eigenvalue weighted by atomic mass is 9.70. The van der Waals surface area contributed by atoms with Crippen molar-refractivity contribution in [3.05, 3.63) is 204 Å². The number of benzene rings is 2. The van der Waals surface area contributed by atoms with Crippen molar-refractivity contribution >= 4 is 12.2 Å². The smallest absolute Gasteiger partial charge is 0.115 e. The molecule has 2 aromatic carbocycles. The van der Waals surface area contributed by atoms with Crippen molar-refractivity contribution in [3.63, 3.8) is 0 Å². The first-order valence-corrected chi connectivity index (χ1v) is 17.7. The summed E-state index contributed by atoms with van der Waals surface area (Å²) in [6, 6.07) is 32.8. The molecule has 6 heterocycles. The van der Waals surface area contributed by atoms with Crippen LogP contribution in [-0.4, -0.2) is 50.3 Å². The van der Waals surface area contributed by atoms with E-state index in [1.54, 1.807) is 43.6 Å². The lowest BCUT2D eigenvalue weighted by molar-refractivity contribution is 0.598. The summed E-state index contributed by atoms with van der Waals surface area (Å²) in [4.78, 5) is 25.7. The van der Waals surface area contributed by atoms with E-state index in [0.717, 1.165) is 69.3 Å². The first kappa shape index (κ1) is 32.7. The van der Waals surface area contributed by atoms with Gasteiger partial charge < -0.3 is 0 Å². The molecule has 0 saturated carbocycles. The van der Waals surface area contributed by atoms with Gasteiger partial charge in [-0.1, -0.05) is 85.0 Å². The summed E-state index contributed by atoms with van der Waals surface area (Å²) in [6.07, 6.45) is 24.3. The number of aromatic nitrogens is 10. The standard InChI is InChI=1S/2C22H17N5/c1-2-6-17(7-3-1)22(20-9-12-24-15-25-20)10-8-18-19(13-22)26-27-21(18)16-5-4-11-23-14-16;1-2-4-17(5-3-1)22(20-9-13-24-15-25-20)10-6-18-19(14-22)26-27-21(18)16-7-11-23-12-8-16/h1-12,14-15H,13H2,(H,26,27);1-13,15H,14H2,(H,26,27). The van der Waals surface area contributed by atoms with Crippen molar-refractivity contribution in [1.82, 2.24) is 50.3 Å². The zero-order chi connectivity index (χ0) is 36.2. The molecule has 8 aromatic rings. The van der Waals surface area contributed by atoms with Gasteiger partial charge in [-0.3, -0.25) is 20.2 Å². The van der Waals surface area contributed by atoms with Crippen LogP contribution >= 0.6 is 0 Å². The Labute approximate surface area is 311 Å². The number of nitrogens with one attached hydrogen (secondary N) is 2. The summed E-state index contributed by atoms with van der Waals surface area (Å²) < 4.78 is 0. The van der Waals surface area contributed by atoms with Crippen molar-refractivity contribution in [2.24, 2.45) is 0 Å². The second-order valence-electron chi connectivity index (χ2n) is 13.3. The van der Waals surface area contributed by atoms with Crippen LogP contribution in [0.1, 0.15) is 45.0 Å². The zero-order valence-electron chi connectivity index (χ0n) is 29.2. The molecule has 2 aliphatic rings. The van der Waals surface area contributed by atoms with Gasteiger partial charge in [0.1, 0.15) is 18.3 Å². The molecule has 54 heavy (non-hydrogen) atoms. The van der Waals surface area contributed by atoms with Crippen LogP contribution in [-0.2, 0) is 23.7 Å². The summed E-state index contributed by atoms with van der Waals surface area (Å²) in [5.74, 6) is 0. The number of hydrogen-bond donors (Lipinski definition) is 2. The Bertz CT molecular complexity index is 2270. The van der Waals surface area contributed by atoms with Crippen molar-refractivity contribution < 1.29 is 0 Å². The monoisotopic (exact) mass is 702 g/mol. The van der Waals surface area contributed by atoms with Gasteiger partial charge in [-0.25, -0.2) is 19.9 Å². The molecule has 0 radical (unpaired) electrons. The van der Waals surface area contributed by atoms with Gasteiger partial charge >= 0.3 is 0 Å². The summed E-state index contributed by atoms with van der Waals surface area (Å²) in [6.45, 7) is 0. The van der Waals surface area contributed by atoms with Crippen LogP contribution in [0.4, 0.5) is 0 Å². The summed E-state index contributed by atoms with van der Waals surface area (Å²) in [7, 11) is 0. The highest BCUT2D eigenvalue weighted by Gasteiger charge is 2.39. The number of hydrogen-bond acceptors (Lipinski definition) is 8. The fourth-order valence-electron chi connectivity index (χ4n) is 7.61. The molecule has 6 aromatic heterocycles. The van der Waals surface area contributed by atoms with Crippen molar-refractivity contribution in [1.29, 1.82) is 0 Å². The van der Waals surface area contributed by atoms with E-state index >= 15 is 0 Å². The van der Waals surface area contributed by atoms with Crippen LogP contribution in [0.5, 0.6) is 0 Å². The van der Waals surface area contributed by atoms with E-state index < -0.39 is 0 Å². The molecule has 10 nitrogen and oxygen atoms in total. The Kier molecular flexibility index (Phi) is 8.52. The molecule has 0 spiro atoms. The molecule has 2 unspecified atom stereocenters. The number of pyridine rings is 2. The Morgan fingerprint density at radius 2 is 0.981 bits per heavy atom. The fourth-order valence-corrected chi connectivity index (χ4v) is 7.61. The number of rotatable bonds is 6. The molecule has 0 bridgehead atoms. The highest BCUT2D eigenvalue weighted by atomic mass is 15.1. The zero-order valence-corrected chi connectivity index (χ0v) is 29.2. The molecule has 10 rings (SSSR count). The summed E-state index contributed by atoms with van der Waals surface area (Å²) in [5.41, 5.74) is 12.0. The lowest BCUT2D eigenvalue weighted by Crippen LogP contribution is -2.31. The van der Waals surface area contributed by atoms with Gasteiger partial charge in [0.15, 0.2) is 0 Å². The number of aromatic amines is 2. The predicted molar refractivity (Wildman–Crippen MR) is 208 cm³/mol. The topological polar surface area (TPSA) is 135 Å². The minimum Gasteiger partial charge on any atom is -0.281 e. The molecule has 0 amide bonds. The molecule has 0 fully saturated rings. The number of fused-ring (bicyclic) bond motifs is 2.